The molecule has 0 bridgehead atoms. The largest absolute Gasteiger partial charge is 0.492 e. The van der Waals surface area contributed by atoms with Crippen molar-refractivity contribution in [2.75, 3.05) is 43.1 Å². The molecular weight excluding hydrogens is 396 g/mol. The molecule has 2 aromatic heterocycles. The van der Waals surface area contributed by atoms with Gasteiger partial charge in [-0.15, -0.1) is 0 Å². The van der Waals surface area contributed by atoms with E-state index in [0.29, 0.717) is 6.61 Å². The third-order valence-electron chi connectivity index (χ3n) is 6.39. The van der Waals surface area contributed by atoms with Gasteiger partial charge in [-0.3, -0.25) is 9.97 Å². The Morgan fingerprint density at radius 2 is 1.66 bits per heavy atom. The highest BCUT2D eigenvalue weighted by Crippen LogP contribution is 2.35. The fourth-order valence-electron chi connectivity index (χ4n) is 4.24. The normalized spacial score (nSPS) is 13.8. The molecule has 0 amide bonds. The molecule has 0 aliphatic carbocycles. The molecule has 5 nitrogen and oxygen atoms in total. The van der Waals surface area contributed by atoms with Crippen molar-refractivity contribution in [2.45, 2.75) is 40.0 Å². The number of aromatic nitrogens is 2. The molecule has 0 spiro atoms. The Kier molecular flexibility index (Phi) is 6.93. The number of benzene rings is 1. The molecule has 4 rings (SSSR count). The summed E-state index contributed by atoms with van der Waals surface area (Å²) in [4.78, 5) is 14.2. The predicted molar refractivity (Wildman–Crippen MR) is 133 cm³/mol. The number of pyridine rings is 2. The minimum absolute atomic E-state index is 0.626. The minimum Gasteiger partial charge on any atom is -0.492 e. The lowest BCUT2D eigenvalue weighted by molar-refractivity contribution is 0.326. The van der Waals surface area contributed by atoms with Gasteiger partial charge in [0.05, 0.1) is 29.8 Å². The SMILES string of the molecule is Cc1ccc(OCCN(C)c2ccc(-c3cnc(C)c(C)c3N3CCCCC3)nc2)cc1. The lowest BCUT2D eigenvalue weighted by Gasteiger charge is -2.32. The predicted octanol–water partition coefficient (Wildman–Crippen LogP) is 5.57. The third kappa shape index (κ3) is 5.04. The molecule has 0 saturated carbocycles. The molecule has 3 heterocycles. The standard InChI is InChI=1S/C27H34N4O/c1-20-8-11-24(12-9-20)32-17-16-30(4)23-10-13-26(29-18-23)25-19-28-22(3)21(2)27(25)31-14-6-5-7-15-31/h8-13,18-19H,5-7,14-17H2,1-4H3. The number of ether oxygens (including phenoxy) is 1. The first kappa shape index (κ1) is 22.1. The minimum atomic E-state index is 0.626. The highest BCUT2D eigenvalue weighted by molar-refractivity contribution is 5.79. The Morgan fingerprint density at radius 1 is 0.906 bits per heavy atom. The van der Waals surface area contributed by atoms with Crippen molar-refractivity contribution in [3.8, 4) is 17.0 Å². The van der Waals surface area contributed by atoms with Crippen LogP contribution in [0.3, 0.4) is 0 Å². The van der Waals surface area contributed by atoms with E-state index < -0.39 is 0 Å². The average Bonchev–Trinajstić information content (AvgIpc) is 2.82. The van der Waals surface area contributed by atoms with Crippen molar-refractivity contribution in [3.63, 3.8) is 0 Å². The van der Waals surface area contributed by atoms with Crippen LogP contribution in [0.1, 0.15) is 36.1 Å². The van der Waals surface area contributed by atoms with E-state index in [9.17, 15) is 0 Å². The summed E-state index contributed by atoms with van der Waals surface area (Å²) >= 11 is 0. The van der Waals surface area contributed by atoms with Crippen LogP contribution in [-0.2, 0) is 0 Å². The zero-order chi connectivity index (χ0) is 22.5. The van der Waals surface area contributed by atoms with Crippen LogP contribution in [-0.4, -0.2) is 43.3 Å². The van der Waals surface area contributed by atoms with Gasteiger partial charge in [-0.1, -0.05) is 17.7 Å². The van der Waals surface area contributed by atoms with Gasteiger partial charge in [-0.2, -0.15) is 0 Å². The van der Waals surface area contributed by atoms with E-state index in [-0.39, 0.29) is 0 Å². The zero-order valence-corrected chi connectivity index (χ0v) is 19.8. The fourth-order valence-corrected chi connectivity index (χ4v) is 4.24. The van der Waals surface area contributed by atoms with Gasteiger partial charge < -0.3 is 14.5 Å². The van der Waals surface area contributed by atoms with Crippen LogP contribution in [0.15, 0.2) is 48.8 Å². The molecule has 1 fully saturated rings. The molecule has 1 aliphatic heterocycles. The average molecular weight is 431 g/mol. The van der Waals surface area contributed by atoms with Crippen LogP contribution in [0, 0.1) is 20.8 Å². The summed E-state index contributed by atoms with van der Waals surface area (Å²) in [5, 5.41) is 0. The van der Waals surface area contributed by atoms with Crippen LogP contribution in [0.2, 0.25) is 0 Å². The van der Waals surface area contributed by atoms with Gasteiger partial charge in [0.1, 0.15) is 12.4 Å². The van der Waals surface area contributed by atoms with Gasteiger partial charge in [-0.25, -0.2) is 0 Å². The smallest absolute Gasteiger partial charge is 0.119 e. The van der Waals surface area contributed by atoms with Gasteiger partial charge >= 0.3 is 0 Å². The van der Waals surface area contributed by atoms with Gasteiger partial charge in [-0.05, 0) is 69.9 Å². The van der Waals surface area contributed by atoms with Crippen molar-refractivity contribution >= 4 is 11.4 Å². The van der Waals surface area contributed by atoms with Crippen molar-refractivity contribution in [3.05, 3.63) is 65.6 Å². The van der Waals surface area contributed by atoms with Crippen LogP contribution < -0.4 is 14.5 Å². The third-order valence-corrected chi connectivity index (χ3v) is 6.39. The molecule has 0 radical (unpaired) electrons. The second-order valence-corrected chi connectivity index (χ2v) is 8.76. The summed E-state index contributed by atoms with van der Waals surface area (Å²) < 4.78 is 5.88. The van der Waals surface area contributed by atoms with Crippen LogP contribution in [0.4, 0.5) is 11.4 Å². The number of aryl methyl sites for hydroxylation is 2. The summed E-state index contributed by atoms with van der Waals surface area (Å²) in [6, 6.07) is 12.4. The Hall–Kier alpha value is -3.08. The number of hydrogen-bond donors (Lipinski definition) is 0. The maximum Gasteiger partial charge on any atom is 0.119 e. The second kappa shape index (κ2) is 10.0. The molecule has 1 aliphatic rings. The first-order valence-corrected chi connectivity index (χ1v) is 11.6. The number of nitrogens with zero attached hydrogens (tertiary/aromatic N) is 4. The Balaban J connectivity index is 1.46. The van der Waals surface area contributed by atoms with E-state index in [0.717, 1.165) is 48.0 Å². The van der Waals surface area contributed by atoms with E-state index in [4.69, 9.17) is 9.72 Å². The fraction of sp³-hybridized carbons (Fsp3) is 0.407. The summed E-state index contributed by atoms with van der Waals surface area (Å²) in [6.07, 6.45) is 7.77. The van der Waals surface area contributed by atoms with E-state index in [1.165, 1.54) is 36.1 Å². The molecule has 5 heteroatoms. The van der Waals surface area contributed by atoms with Gasteiger partial charge in [0.25, 0.3) is 0 Å². The van der Waals surface area contributed by atoms with E-state index in [2.05, 4.69) is 66.9 Å². The maximum absolute atomic E-state index is 5.88. The van der Waals surface area contributed by atoms with Crippen LogP contribution in [0.5, 0.6) is 5.75 Å². The molecule has 0 atom stereocenters. The van der Waals surface area contributed by atoms with Crippen molar-refractivity contribution in [2.24, 2.45) is 0 Å². The molecule has 1 aromatic carbocycles. The quantitative estimate of drug-likeness (QED) is 0.490. The summed E-state index contributed by atoms with van der Waals surface area (Å²) in [6.45, 7) is 10.00. The van der Waals surface area contributed by atoms with E-state index in [1.807, 2.05) is 24.5 Å². The molecule has 32 heavy (non-hydrogen) atoms. The first-order chi connectivity index (χ1) is 15.5. The lowest BCUT2D eigenvalue weighted by atomic mass is 10.0. The van der Waals surface area contributed by atoms with Crippen LogP contribution >= 0.6 is 0 Å². The first-order valence-electron chi connectivity index (χ1n) is 11.6. The van der Waals surface area contributed by atoms with E-state index in [1.54, 1.807) is 0 Å². The lowest BCUT2D eigenvalue weighted by Crippen LogP contribution is -2.30. The summed E-state index contributed by atoms with van der Waals surface area (Å²) in [7, 11) is 2.08. The van der Waals surface area contributed by atoms with Crippen molar-refractivity contribution < 1.29 is 4.74 Å². The van der Waals surface area contributed by atoms with Crippen molar-refractivity contribution in [1.29, 1.82) is 0 Å². The zero-order valence-electron chi connectivity index (χ0n) is 19.8. The molecule has 0 unspecified atom stereocenters. The van der Waals surface area contributed by atoms with Crippen molar-refractivity contribution in [1.82, 2.24) is 9.97 Å². The van der Waals surface area contributed by atoms with Gasteiger partial charge in [0.15, 0.2) is 0 Å². The molecule has 168 valence electrons. The van der Waals surface area contributed by atoms with Gasteiger partial charge in [0.2, 0.25) is 0 Å². The topological polar surface area (TPSA) is 41.5 Å². The second-order valence-electron chi connectivity index (χ2n) is 8.76. The molecule has 3 aromatic rings. The molecule has 0 N–H and O–H groups in total. The van der Waals surface area contributed by atoms with Gasteiger partial charge in [0, 0.05) is 37.6 Å². The molecule has 1 saturated heterocycles. The Morgan fingerprint density at radius 3 is 2.34 bits per heavy atom. The van der Waals surface area contributed by atoms with E-state index >= 15 is 0 Å². The maximum atomic E-state index is 5.88. The number of likely N-dealkylation sites (N-methyl/N-ethyl adjacent to an activating group) is 1. The molecular formula is C27H34N4O. The van der Waals surface area contributed by atoms with Crippen LogP contribution in [0.25, 0.3) is 11.3 Å². The number of rotatable bonds is 7. The monoisotopic (exact) mass is 430 g/mol. The number of hydrogen-bond acceptors (Lipinski definition) is 5. The highest BCUT2D eigenvalue weighted by Gasteiger charge is 2.20. The highest BCUT2D eigenvalue weighted by atomic mass is 16.5. The number of piperidine rings is 1. The summed E-state index contributed by atoms with van der Waals surface area (Å²) in [5.41, 5.74) is 8.10. The Bertz CT molecular complexity index is 1020. The summed E-state index contributed by atoms with van der Waals surface area (Å²) in [5.74, 6) is 0.907. The number of anilines is 2. The Labute approximate surface area is 192 Å².